The molecule has 0 spiro atoms. The van der Waals surface area contributed by atoms with Crippen LogP contribution in [0.4, 0.5) is 0 Å². The lowest BCUT2D eigenvalue weighted by molar-refractivity contribution is 0.0526. The molecule has 1 heterocycles. The monoisotopic (exact) mass is 332 g/mol. The van der Waals surface area contributed by atoms with Gasteiger partial charge in [-0.3, -0.25) is 4.79 Å². The van der Waals surface area contributed by atoms with Crippen molar-refractivity contribution in [2.75, 3.05) is 6.61 Å². The molecule has 0 bridgehead atoms. The standard InChI is InChI=1S/C20H16N2O3/c1-3-25-20(24)17-12(2)22-19(23)16(11-21)18(17)15-10-6-8-13-7-4-5-9-14(13)15/h4-10H,3H2,1-2H3,(H,22,23). The van der Waals surface area contributed by atoms with Gasteiger partial charge in [0.25, 0.3) is 5.56 Å². The number of aromatic amines is 1. The number of ether oxygens (including phenoxy) is 1. The Hall–Kier alpha value is -3.39. The minimum Gasteiger partial charge on any atom is -0.462 e. The Labute approximate surface area is 144 Å². The summed E-state index contributed by atoms with van der Waals surface area (Å²) in [6.07, 6.45) is 0. The highest BCUT2D eigenvalue weighted by atomic mass is 16.5. The van der Waals surface area contributed by atoms with Gasteiger partial charge in [-0.2, -0.15) is 5.26 Å². The Kier molecular flexibility index (Phi) is 4.36. The number of hydrogen-bond donors (Lipinski definition) is 1. The van der Waals surface area contributed by atoms with Gasteiger partial charge in [0, 0.05) is 11.3 Å². The second-order valence-corrected chi connectivity index (χ2v) is 5.56. The van der Waals surface area contributed by atoms with Crippen LogP contribution >= 0.6 is 0 Å². The van der Waals surface area contributed by atoms with Crippen LogP contribution in [0, 0.1) is 18.3 Å². The van der Waals surface area contributed by atoms with Crippen molar-refractivity contribution in [3.05, 3.63) is 69.6 Å². The fourth-order valence-electron chi connectivity index (χ4n) is 3.00. The van der Waals surface area contributed by atoms with Crippen LogP contribution < -0.4 is 5.56 Å². The van der Waals surface area contributed by atoms with Crippen molar-refractivity contribution in [1.82, 2.24) is 4.98 Å². The summed E-state index contributed by atoms with van der Waals surface area (Å²) in [6, 6.07) is 15.1. The summed E-state index contributed by atoms with van der Waals surface area (Å²) in [4.78, 5) is 27.4. The normalized spacial score (nSPS) is 10.4. The molecule has 0 saturated heterocycles. The molecule has 1 aromatic heterocycles. The Bertz CT molecular complexity index is 1070. The third-order valence-corrected chi connectivity index (χ3v) is 4.05. The molecule has 5 nitrogen and oxygen atoms in total. The third-order valence-electron chi connectivity index (χ3n) is 4.05. The predicted octanol–water partition coefficient (Wildman–Crippen LogP) is 3.55. The zero-order chi connectivity index (χ0) is 18.0. The van der Waals surface area contributed by atoms with Crippen molar-refractivity contribution in [3.8, 4) is 17.2 Å². The number of H-pyrrole nitrogens is 1. The van der Waals surface area contributed by atoms with E-state index in [4.69, 9.17) is 4.74 Å². The van der Waals surface area contributed by atoms with Crippen LogP contribution in [-0.2, 0) is 4.74 Å². The number of rotatable bonds is 3. The first-order valence-corrected chi connectivity index (χ1v) is 7.90. The van der Waals surface area contributed by atoms with E-state index in [1.54, 1.807) is 19.9 Å². The van der Waals surface area contributed by atoms with Gasteiger partial charge in [-0.15, -0.1) is 0 Å². The lowest BCUT2D eigenvalue weighted by atomic mass is 9.91. The van der Waals surface area contributed by atoms with E-state index in [1.165, 1.54) is 0 Å². The van der Waals surface area contributed by atoms with Crippen molar-refractivity contribution < 1.29 is 9.53 Å². The van der Waals surface area contributed by atoms with Crippen molar-refractivity contribution in [1.29, 1.82) is 5.26 Å². The second kappa shape index (κ2) is 6.62. The number of benzene rings is 2. The molecule has 0 saturated carbocycles. The van der Waals surface area contributed by atoms with Gasteiger partial charge in [0.1, 0.15) is 11.6 Å². The minimum absolute atomic E-state index is 0.0926. The van der Waals surface area contributed by atoms with Crippen molar-refractivity contribution in [2.45, 2.75) is 13.8 Å². The smallest absolute Gasteiger partial charge is 0.340 e. The molecule has 5 heteroatoms. The van der Waals surface area contributed by atoms with Gasteiger partial charge in [0.2, 0.25) is 0 Å². The molecule has 0 atom stereocenters. The molecule has 0 aliphatic carbocycles. The fraction of sp³-hybridized carbons (Fsp3) is 0.150. The molecule has 2 aromatic carbocycles. The Morgan fingerprint density at radius 2 is 1.92 bits per heavy atom. The third kappa shape index (κ3) is 2.79. The van der Waals surface area contributed by atoms with Gasteiger partial charge in [0.05, 0.1) is 12.2 Å². The van der Waals surface area contributed by atoms with Gasteiger partial charge in [-0.1, -0.05) is 42.5 Å². The van der Waals surface area contributed by atoms with Gasteiger partial charge in [0.15, 0.2) is 0 Å². The topological polar surface area (TPSA) is 83.0 Å². The van der Waals surface area contributed by atoms with Crippen LogP contribution in [0.3, 0.4) is 0 Å². The van der Waals surface area contributed by atoms with E-state index in [0.717, 1.165) is 10.8 Å². The maximum Gasteiger partial charge on any atom is 0.340 e. The van der Waals surface area contributed by atoms with Gasteiger partial charge >= 0.3 is 5.97 Å². The number of nitrogens with zero attached hydrogens (tertiary/aromatic N) is 1. The van der Waals surface area contributed by atoms with Gasteiger partial charge in [-0.25, -0.2) is 4.79 Å². The van der Waals surface area contributed by atoms with Crippen LogP contribution in [0.15, 0.2) is 47.3 Å². The molecule has 0 fully saturated rings. The second-order valence-electron chi connectivity index (χ2n) is 5.56. The summed E-state index contributed by atoms with van der Waals surface area (Å²) in [5, 5.41) is 11.4. The maximum atomic E-state index is 12.5. The molecule has 25 heavy (non-hydrogen) atoms. The van der Waals surface area contributed by atoms with E-state index >= 15 is 0 Å². The van der Waals surface area contributed by atoms with E-state index < -0.39 is 11.5 Å². The number of aryl methyl sites for hydroxylation is 1. The van der Waals surface area contributed by atoms with Crippen LogP contribution in [0.2, 0.25) is 0 Å². The number of pyridine rings is 1. The lowest BCUT2D eigenvalue weighted by Gasteiger charge is -2.15. The highest BCUT2D eigenvalue weighted by molar-refractivity contribution is 6.06. The Balaban J connectivity index is 2.47. The quantitative estimate of drug-likeness (QED) is 0.744. The van der Waals surface area contributed by atoms with Gasteiger partial charge in [-0.05, 0) is 30.2 Å². The summed E-state index contributed by atoms with van der Waals surface area (Å²) in [5.41, 5.74) is 0.964. The Morgan fingerprint density at radius 1 is 1.20 bits per heavy atom. The van der Waals surface area contributed by atoms with E-state index in [9.17, 15) is 14.9 Å². The Morgan fingerprint density at radius 3 is 2.64 bits per heavy atom. The number of carbonyl (C=O) groups excluding carboxylic acids is 1. The first-order chi connectivity index (χ1) is 12.1. The molecule has 1 N–H and O–H groups in total. The molecular weight excluding hydrogens is 316 g/mol. The number of nitriles is 1. The summed E-state index contributed by atoms with van der Waals surface area (Å²) < 4.78 is 5.15. The predicted molar refractivity (Wildman–Crippen MR) is 95.4 cm³/mol. The van der Waals surface area contributed by atoms with Crippen LogP contribution in [-0.4, -0.2) is 17.6 Å². The number of hydrogen-bond acceptors (Lipinski definition) is 4. The molecule has 3 aromatic rings. The molecule has 0 amide bonds. The lowest BCUT2D eigenvalue weighted by Crippen LogP contribution is -2.20. The van der Waals surface area contributed by atoms with Crippen LogP contribution in [0.1, 0.15) is 28.5 Å². The summed E-state index contributed by atoms with van der Waals surface area (Å²) >= 11 is 0. The van der Waals surface area contributed by atoms with Crippen LogP contribution in [0.25, 0.3) is 21.9 Å². The summed E-state index contributed by atoms with van der Waals surface area (Å²) in [5.74, 6) is -0.560. The molecule has 3 rings (SSSR count). The van der Waals surface area contributed by atoms with E-state index in [0.29, 0.717) is 16.8 Å². The number of nitrogens with one attached hydrogen (secondary N) is 1. The minimum atomic E-state index is -0.560. The fourth-order valence-corrected chi connectivity index (χ4v) is 3.00. The first kappa shape index (κ1) is 16.5. The largest absolute Gasteiger partial charge is 0.462 e. The van der Waals surface area contributed by atoms with Crippen molar-refractivity contribution in [2.24, 2.45) is 0 Å². The zero-order valence-electron chi connectivity index (χ0n) is 13.9. The van der Waals surface area contributed by atoms with E-state index in [2.05, 4.69) is 4.98 Å². The van der Waals surface area contributed by atoms with Crippen LogP contribution in [0.5, 0.6) is 0 Å². The summed E-state index contributed by atoms with van der Waals surface area (Å²) in [7, 11) is 0. The molecule has 0 aliphatic heterocycles. The highest BCUT2D eigenvalue weighted by Crippen LogP contribution is 2.33. The number of esters is 1. The highest BCUT2D eigenvalue weighted by Gasteiger charge is 2.24. The number of carbonyl (C=O) groups is 1. The average molecular weight is 332 g/mol. The van der Waals surface area contributed by atoms with Crippen molar-refractivity contribution >= 4 is 16.7 Å². The van der Waals surface area contributed by atoms with Crippen molar-refractivity contribution in [3.63, 3.8) is 0 Å². The number of aromatic nitrogens is 1. The first-order valence-electron chi connectivity index (χ1n) is 7.90. The average Bonchev–Trinajstić information content (AvgIpc) is 2.60. The van der Waals surface area contributed by atoms with E-state index in [-0.39, 0.29) is 17.7 Å². The molecule has 0 radical (unpaired) electrons. The SMILES string of the molecule is CCOC(=O)c1c(C)[nH]c(=O)c(C#N)c1-c1cccc2ccccc12. The number of fused-ring (bicyclic) bond motifs is 1. The summed E-state index contributed by atoms with van der Waals surface area (Å²) in [6.45, 7) is 3.54. The van der Waals surface area contributed by atoms with E-state index in [1.807, 2.05) is 42.5 Å². The zero-order valence-corrected chi connectivity index (χ0v) is 13.9. The molecule has 0 aliphatic rings. The maximum absolute atomic E-state index is 12.5. The molecule has 0 unspecified atom stereocenters. The van der Waals surface area contributed by atoms with Gasteiger partial charge < -0.3 is 9.72 Å². The molecule has 124 valence electrons. The molecular formula is C20H16N2O3.